The normalized spacial score (nSPS) is 16.6. The molecule has 0 unspecified atom stereocenters. The molecule has 1 aliphatic heterocycles. The number of thiazole rings is 1. The number of nitrogens with zero attached hydrogens (tertiary/aromatic N) is 2. The molecule has 2 heterocycles. The molecule has 17 heavy (non-hydrogen) atoms. The smallest absolute Gasteiger partial charge is 0.241 e. The zero-order valence-electron chi connectivity index (χ0n) is 9.06. The Morgan fingerprint density at radius 3 is 2.88 bits per heavy atom. The molecule has 1 fully saturated rings. The Labute approximate surface area is 108 Å². The summed E-state index contributed by atoms with van der Waals surface area (Å²) in [6.45, 7) is 3.01. The Hall–Kier alpha value is -1.11. The highest BCUT2D eigenvalue weighted by Crippen LogP contribution is 2.30. The lowest BCUT2D eigenvalue weighted by Crippen LogP contribution is -2.36. The van der Waals surface area contributed by atoms with Gasteiger partial charge in [0.1, 0.15) is 5.15 Å². The molecule has 0 bridgehead atoms. The van der Waals surface area contributed by atoms with E-state index in [9.17, 15) is 4.79 Å². The van der Waals surface area contributed by atoms with Gasteiger partial charge in [-0.3, -0.25) is 4.79 Å². The van der Waals surface area contributed by atoms with Crippen molar-refractivity contribution in [2.24, 2.45) is 5.73 Å². The van der Waals surface area contributed by atoms with Crippen molar-refractivity contribution in [3.8, 4) is 0 Å². The van der Waals surface area contributed by atoms with Gasteiger partial charge in [0.15, 0.2) is 5.13 Å². The van der Waals surface area contributed by atoms with Crippen LogP contribution in [-0.4, -0.2) is 37.2 Å². The number of carbonyl (C=O) groups is 1. The molecule has 92 valence electrons. The van der Waals surface area contributed by atoms with Gasteiger partial charge in [-0.2, -0.15) is 0 Å². The molecule has 0 saturated carbocycles. The zero-order chi connectivity index (χ0) is 12.3. The van der Waals surface area contributed by atoms with E-state index < -0.39 is 5.91 Å². The fraction of sp³-hybridized carbons (Fsp3) is 0.400. The number of primary amides is 1. The van der Waals surface area contributed by atoms with Gasteiger partial charge in [0.25, 0.3) is 0 Å². The molecule has 2 rings (SSSR count). The van der Waals surface area contributed by atoms with Crippen molar-refractivity contribution in [2.75, 3.05) is 31.2 Å². The average Bonchev–Trinajstić information content (AvgIpc) is 2.69. The lowest BCUT2D eigenvalue weighted by Gasteiger charge is -2.25. The molecular formula is C10H12ClN3O2S. The van der Waals surface area contributed by atoms with Crippen molar-refractivity contribution < 1.29 is 9.53 Å². The highest BCUT2D eigenvalue weighted by molar-refractivity contribution is 7.17. The summed E-state index contributed by atoms with van der Waals surface area (Å²) in [5.74, 6) is -0.498. The van der Waals surface area contributed by atoms with Crippen molar-refractivity contribution in [1.29, 1.82) is 0 Å². The number of ether oxygens (including phenoxy) is 1. The average molecular weight is 274 g/mol. The van der Waals surface area contributed by atoms with Crippen LogP contribution in [0.4, 0.5) is 5.13 Å². The third-order valence-electron chi connectivity index (χ3n) is 2.28. The second-order valence-electron chi connectivity index (χ2n) is 3.49. The number of carbonyl (C=O) groups excluding carboxylic acids is 1. The molecule has 1 aromatic heterocycles. The van der Waals surface area contributed by atoms with Crippen molar-refractivity contribution in [2.45, 2.75) is 0 Å². The molecule has 1 saturated heterocycles. The highest BCUT2D eigenvalue weighted by Gasteiger charge is 2.16. The van der Waals surface area contributed by atoms with Crippen LogP contribution in [0.15, 0.2) is 6.08 Å². The molecule has 0 atom stereocenters. The minimum atomic E-state index is -0.498. The Bertz CT molecular complexity index is 441. The van der Waals surface area contributed by atoms with E-state index >= 15 is 0 Å². The van der Waals surface area contributed by atoms with E-state index in [1.165, 1.54) is 17.4 Å². The van der Waals surface area contributed by atoms with Gasteiger partial charge < -0.3 is 15.4 Å². The van der Waals surface area contributed by atoms with E-state index in [1.54, 1.807) is 6.08 Å². The molecule has 1 aliphatic rings. The maximum atomic E-state index is 10.6. The predicted molar refractivity (Wildman–Crippen MR) is 68.4 cm³/mol. The van der Waals surface area contributed by atoms with Crippen molar-refractivity contribution >= 4 is 40.1 Å². The van der Waals surface area contributed by atoms with Gasteiger partial charge in [-0.05, 0) is 6.08 Å². The third-order valence-corrected chi connectivity index (χ3v) is 3.76. The van der Waals surface area contributed by atoms with Gasteiger partial charge in [-0.1, -0.05) is 22.9 Å². The predicted octanol–water partition coefficient (Wildman–Crippen LogP) is 1.13. The van der Waals surface area contributed by atoms with Crippen LogP contribution in [-0.2, 0) is 9.53 Å². The molecular weight excluding hydrogens is 262 g/mol. The van der Waals surface area contributed by atoms with E-state index in [1.807, 2.05) is 0 Å². The van der Waals surface area contributed by atoms with Gasteiger partial charge in [0.05, 0.1) is 18.1 Å². The largest absolute Gasteiger partial charge is 0.378 e. The van der Waals surface area contributed by atoms with Crippen molar-refractivity contribution in [1.82, 2.24) is 4.98 Å². The van der Waals surface area contributed by atoms with Crippen LogP contribution in [0.25, 0.3) is 6.08 Å². The summed E-state index contributed by atoms with van der Waals surface area (Å²) in [4.78, 5) is 17.8. The Balaban J connectivity index is 2.14. The fourth-order valence-corrected chi connectivity index (χ4v) is 2.67. The van der Waals surface area contributed by atoms with Crippen LogP contribution in [0, 0.1) is 0 Å². The van der Waals surface area contributed by atoms with Crippen molar-refractivity contribution in [3.63, 3.8) is 0 Å². The van der Waals surface area contributed by atoms with Crippen LogP contribution >= 0.6 is 22.9 Å². The number of hydrogen-bond acceptors (Lipinski definition) is 5. The first-order valence-corrected chi connectivity index (χ1v) is 6.33. The van der Waals surface area contributed by atoms with Crippen LogP contribution in [0.1, 0.15) is 4.88 Å². The highest BCUT2D eigenvalue weighted by atomic mass is 35.5. The first-order valence-electron chi connectivity index (χ1n) is 5.13. The molecule has 1 aromatic rings. The molecule has 2 N–H and O–H groups in total. The summed E-state index contributed by atoms with van der Waals surface area (Å²) in [6.07, 6.45) is 2.87. The van der Waals surface area contributed by atoms with E-state index in [4.69, 9.17) is 22.1 Å². The Morgan fingerprint density at radius 2 is 2.24 bits per heavy atom. The van der Waals surface area contributed by atoms with Gasteiger partial charge in [0.2, 0.25) is 5.91 Å². The summed E-state index contributed by atoms with van der Waals surface area (Å²) >= 11 is 7.43. The maximum Gasteiger partial charge on any atom is 0.241 e. The summed E-state index contributed by atoms with van der Waals surface area (Å²) in [5, 5.41) is 1.25. The number of amides is 1. The summed E-state index contributed by atoms with van der Waals surface area (Å²) in [6, 6.07) is 0. The van der Waals surface area contributed by atoms with Gasteiger partial charge in [-0.25, -0.2) is 4.98 Å². The summed E-state index contributed by atoms with van der Waals surface area (Å²) < 4.78 is 5.26. The lowest BCUT2D eigenvalue weighted by molar-refractivity contribution is -0.113. The first kappa shape index (κ1) is 12.3. The monoisotopic (exact) mass is 273 g/mol. The standard InChI is InChI=1S/C10H12ClN3O2S/c11-9-7(1-2-8(12)15)17-10(13-9)14-3-5-16-6-4-14/h1-2H,3-6H2,(H2,12,15)/b2-1-. The molecule has 1 amide bonds. The quantitative estimate of drug-likeness (QED) is 0.839. The Kier molecular flexibility index (Phi) is 3.98. The number of halogens is 1. The molecule has 0 aliphatic carbocycles. The summed E-state index contributed by atoms with van der Waals surface area (Å²) in [7, 11) is 0. The van der Waals surface area contributed by atoms with Crippen LogP contribution in [0.2, 0.25) is 5.15 Å². The second-order valence-corrected chi connectivity index (χ2v) is 4.85. The second kappa shape index (κ2) is 5.48. The van der Waals surface area contributed by atoms with Crippen molar-refractivity contribution in [3.05, 3.63) is 16.1 Å². The van der Waals surface area contributed by atoms with Crippen LogP contribution in [0.5, 0.6) is 0 Å². The fourth-order valence-electron chi connectivity index (χ4n) is 1.45. The van der Waals surface area contributed by atoms with Crippen LogP contribution < -0.4 is 10.6 Å². The van der Waals surface area contributed by atoms with Crippen LogP contribution in [0.3, 0.4) is 0 Å². The first-order chi connectivity index (χ1) is 8.16. The minimum absolute atomic E-state index is 0.397. The van der Waals surface area contributed by atoms with Gasteiger partial charge >= 0.3 is 0 Å². The number of rotatable bonds is 3. The zero-order valence-corrected chi connectivity index (χ0v) is 10.6. The number of anilines is 1. The van der Waals surface area contributed by atoms with E-state index in [2.05, 4.69) is 9.88 Å². The third kappa shape index (κ3) is 3.18. The summed E-state index contributed by atoms with van der Waals surface area (Å²) in [5.41, 5.74) is 5.03. The number of hydrogen-bond donors (Lipinski definition) is 1. The van der Waals surface area contributed by atoms with E-state index in [0.717, 1.165) is 23.1 Å². The molecule has 0 spiro atoms. The SMILES string of the molecule is NC(=O)/C=C\c1sc(N2CCOCC2)nc1Cl. The minimum Gasteiger partial charge on any atom is -0.378 e. The molecule has 0 aromatic carbocycles. The van der Waals surface area contributed by atoms with Gasteiger partial charge in [0, 0.05) is 19.2 Å². The van der Waals surface area contributed by atoms with E-state index in [-0.39, 0.29) is 0 Å². The Morgan fingerprint density at radius 1 is 1.53 bits per heavy atom. The van der Waals surface area contributed by atoms with E-state index in [0.29, 0.717) is 18.4 Å². The molecule has 7 heteroatoms. The maximum absolute atomic E-state index is 10.6. The lowest BCUT2D eigenvalue weighted by atomic mass is 10.4. The van der Waals surface area contributed by atoms with Gasteiger partial charge in [-0.15, -0.1) is 0 Å². The number of nitrogens with two attached hydrogens (primary N) is 1. The number of aromatic nitrogens is 1. The number of morpholine rings is 1. The topological polar surface area (TPSA) is 68.5 Å². The molecule has 5 nitrogen and oxygen atoms in total. The molecule has 0 radical (unpaired) electrons.